The first-order valence-electron chi connectivity index (χ1n) is 9.88. The molecule has 1 N–H and O–H groups in total. The molecule has 1 aliphatic rings. The fourth-order valence-electron chi connectivity index (χ4n) is 3.37. The summed E-state index contributed by atoms with van der Waals surface area (Å²) in [7, 11) is 0. The van der Waals surface area contributed by atoms with Gasteiger partial charge in [0, 0.05) is 43.6 Å². The second-order valence-corrected chi connectivity index (χ2v) is 7.46. The van der Waals surface area contributed by atoms with Gasteiger partial charge < -0.3 is 15.0 Å². The van der Waals surface area contributed by atoms with Crippen LogP contribution in [-0.4, -0.2) is 47.4 Å². The highest BCUT2D eigenvalue weighted by Crippen LogP contribution is 2.24. The van der Waals surface area contributed by atoms with E-state index in [0.29, 0.717) is 13.1 Å². The summed E-state index contributed by atoms with van der Waals surface area (Å²) < 4.78 is 6.12. The van der Waals surface area contributed by atoms with Crippen LogP contribution in [-0.2, 0) is 4.79 Å². The van der Waals surface area contributed by atoms with E-state index in [4.69, 9.17) is 4.74 Å². The Hall–Kier alpha value is -3.42. The third-order valence-corrected chi connectivity index (χ3v) is 5.15. The number of nitrogens with one attached hydrogen (secondary N) is 1. The van der Waals surface area contributed by atoms with E-state index in [1.165, 1.54) is 24.3 Å². The SMILES string of the molecule is Cc1ccc(C)c(OC2CCN(C(=O)CNC(=O)c3cccc([N+](=O)[O-])c3)CC2)c1. The Kier molecular flexibility index (Phi) is 6.66. The smallest absolute Gasteiger partial charge is 0.270 e. The van der Waals surface area contributed by atoms with Crippen LogP contribution < -0.4 is 10.1 Å². The van der Waals surface area contributed by atoms with Gasteiger partial charge in [-0.15, -0.1) is 0 Å². The summed E-state index contributed by atoms with van der Waals surface area (Å²) in [5.74, 6) is 0.183. The average Bonchev–Trinajstić information content (AvgIpc) is 2.75. The van der Waals surface area contributed by atoms with Crippen LogP contribution in [0.3, 0.4) is 0 Å². The van der Waals surface area contributed by atoms with E-state index >= 15 is 0 Å². The molecule has 0 unspecified atom stereocenters. The van der Waals surface area contributed by atoms with E-state index in [9.17, 15) is 19.7 Å². The van der Waals surface area contributed by atoms with Gasteiger partial charge in [-0.05, 0) is 37.1 Å². The highest BCUT2D eigenvalue weighted by Gasteiger charge is 2.24. The number of amides is 2. The third-order valence-electron chi connectivity index (χ3n) is 5.15. The van der Waals surface area contributed by atoms with Crippen molar-refractivity contribution in [3.05, 3.63) is 69.3 Å². The Balaban J connectivity index is 1.47. The predicted molar refractivity (Wildman–Crippen MR) is 112 cm³/mol. The van der Waals surface area contributed by atoms with Crippen molar-refractivity contribution in [3.63, 3.8) is 0 Å². The highest BCUT2D eigenvalue weighted by molar-refractivity contribution is 5.96. The van der Waals surface area contributed by atoms with Gasteiger partial charge in [0.25, 0.3) is 11.6 Å². The summed E-state index contributed by atoms with van der Waals surface area (Å²) in [5, 5.41) is 13.4. The van der Waals surface area contributed by atoms with Crippen molar-refractivity contribution in [2.45, 2.75) is 32.8 Å². The first-order valence-corrected chi connectivity index (χ1v) is 9.88. The predicted octanol–water partition coefficient (Wildman–Crippen LogP) is 3.01. The number of nitro benzene ring substituents is 1. The number of rotatable bonds is 6. The number of benzene rings is 2. The van der Waals surface area contributed by atoms with Crippen LogP contribution in [0.25, 0.3) is 0 Å². The molecule has 0 bridgehead atoms. The minimum Gasteiger partial charge on any atom is -0.490 e. The third kappa shape index (κ3) is 5.34. The lowest BCUT2D eigenvalue weighted by Crippen LogP contribution is -2.46. The molecule has 3 rings (SSSR count). The van der Waals surface area contributed by atoms with Crippen molar-refractivity contribution >= 4 is 17.5 Å². The number of non-ortho nitro benzene ring substituents is 1. The number of hydrogen-bond acceptors (Lipinski definition) is 5. The topological polar surface area (TPSA) is 102 Å². The number of nitrogens with zero attached hydrogens (tertiary/aromatic N) is 2. The zero-order chi connectivity index (χ0) is 21.7. The maximum Gasteiger partial charge on any atom is 0.270 e. The largest absolute Gasteiger partial charge is 0.490 e. The monoisotopic (exact) mass is 411 g/mol. The number of carbonyl (C=O) groups is 2. The Morgan fingerprint density at radius 3 is 2.60 bits per heavy atom. The average molecular weight is 411 g/mol. The van der Waals surface area contributed by atoms with Crippen molar-refractivity contribution in [1.29, 1.82) is 0 Å². The molecule has 1 aliphatic heterocycles. The maximum absolute atomic E-state index is 12.4. The molecule has 0 aromatic heterocycles. The summed E-state index contributed by atoms with van der Waals surface area (Å²) in [4.78, 5) is 36.6. The minimum atomic E-state index is -0.563. The Bertz CT molecular complexity index is 952. The number of piperidine rings is 1. The molecule has 8 nitrogen and oxygen atoms in total. The molecule has 0 aliphatic carbocycles. The maximum atomic E-state index is 12.4. The number of nitro groups is 1. The molecule has 158 valence electrons. The van der Waals surface area contributed by atoms with Crippen LogP contribution in [0.2, 0.25) is 0 Å². The van der Waals surface area contributed by atoms with Crippen LogP contribution in [0.1, 0.15) is 34.3 Å². The number of ether oxygens (including phenoxy) is 1. The highest BCUT2D eigenvalue weighted by atomic mass is 16.6. The van der Waals surface area contributed by atoms with Gasteiger partial charge in [0.1, 0.15) is 11.9 Å². The van der Waals surface area contributed by atoms with Gasteiger partial charge in [0.05, 0.1) is 11.5 Å². The van der Waals surface area contributed by atoms with Crippen molar-refractivity contribution in [2.24, 2.45) is 0 Å². The lowest BCUT2D eigenvalue weighted by atomic mass is 10.1. The number of aryl methyl sites for hydroxylation is 2. The quantitative estimate of drug-likeness (QED) is 0.582. The van der Waals surface area contributed by atoms with E-state index in [1.807, 2.05) is 32.0 Å². The van der Waals surface area contributed by atoms with E-state index in [1.54, 1.807) is 4.90 Å². The van der Waals surface area contributed by atoms with Crippen molar-refractivity contribution in [1.82, 2.24) is 10.2 Å². The van der Waals surface area contributed by atoms with E-state index < -0.39 is 10.8 Å². The van der Waals surface area contributed by atoms with Crippen LogP contribution in [0.4, 0.5) is 5.69 Å². The van der Waals surface area contributed by atoms with Gasteiger partial charge in [-0.1, -0.05) is 18.2 Å². The fraction of sp³-hybridized carbons (Fsp3) is 0.364. The molecule has 2 aromatic carbocycles. The van der Waals surface area contributed by atoms with Gasteiger partial charge in [0.2, 0.25) is 5.91 Å². The van der Waals surface area contributed by atoms with Crippen molar-refractivity contribution in [2.75, 3.05) is 19.6 Å². The van der Waals surface area contributed by atoms with Gasteiger partial charge in [-0.25, -0.2) is 0 Å². The normalized spacial score (nSPS) is 14.3. The van der Waals surface area contributed by atoms with E-state index in [0.717, 1.165) is 29.7 Å². The lowest BCUT2D eigenvalue weighted by molar-refractivity contribution is -0.384. The van der Waals surface area contributed by atoms with Gasteiger partial charge in [-0.2, -0.15) is 0 Å². The van der Waals surface area contributed by atoms with Gasteiger partial charge in [0.15, 0.2) is 0 Å². The fourth-order valence-corrected chi connectivity index (χ4v) is 3.37. The second kappa shape index (κ2) is 9.39. The lowest BCUT2D eigenvalue weighted by Gasteiger charge is -2.32. The molecule has 2 aromatic rings. The minimum absolute atomic E-state index is 0.0500. The summed E-state index contributed by atoms with van der Waals surface area (Å²) >= 11 is 0. The Morgan fingerprint density at radius 1 is 1.17 bits per heavy atom. The van der Waals surface area contributed by atoms with E-state index in [2.05, 4.69) is 5.32 Å². The van der Waals surface area contributed by atoms with Crippen LogP contribution in [0, 0.1) is 24.0 Å². The van der Waals surface area contributed by atoms with Crippen LogP contribution in [0.15, 0.2) is 42.5 Å². The molecular weight excluding hydrogens is 386 g/mol. The van der Waals surface area contributed by atoms with Crippen LogP contribution >= 0.6 is 0 Å². The summed E-state index contributed by atoms with van der Waals surface area (Å²) in [6.07, 6.45) is 1.49. The van der Waals surface area contributed by atoms with Crippen LogP contribution in [0.5, 0.6) is 5.75 Å². The van der Waals surface area contributed by atoms with Crippen molar-refractivity contribution < 1.29 is 19.2 Å². The summed E-state index contributed by atoms with van der Waals surface area (Å²) in [6.45, 7) is 5.00. The molecule has 1 fully saturated rings. The molecule has 2 amide bonds. The first kappa shape index (κ1) is 21.3. The Labute approximate surface area is 175 Å². The summed E-state index contributed by atoms with van der Waals surface area (Å²) in [5.41, 5.74) is 2.21. The molecule has 1 heterocycles. The number of hydrogen-bond donors (Lipinski definition) is 1. The van der Waals surface area contributed by atoms with E-state index in [-0.39, 0.29) is 29.8 Å². The molecule has 0 radical (unpaired) electrons. The number of carbonyl (C=O) groups excluding carboxylic acids is 2. The zero-order valence-corrected chi connectivity index (χ0v) is 17.1. The van der Waals surface area contributed by atoms with Gasteiger partial charge >= 0.3 is 0 Å². The van der Waals surface area contributed by atoms with Gasteiger partial charge in [-0.3, -0.25) is 19.7 Å². The second-order valence-electron chi connectivity index (χ2n) is 7.46. The molecule has 30 heavy (non-hydrogen) atoms. The first-order chi connectivity index (χ1) is 14.3. The molecule has 0 atom stereocenters. The molecule has 8 heteroatoms. The molecule has 0 saturated carbocycles. The van der Waals surface area contributed by atoms with Crippen molar-refractivity contribution in [3.8, 4) is 5.75 Å². The molecule has 1 saturated heterocycles. The number of likely N-dealkylation sites (tertiary alicyclic amines) is 1. The Morgan fingerprint density at radius 2 is 1.90 bits per heavy atom. The summed E-state index contributed by atoms with van der Waals surface area (Å²) in [6, 6.07) is 11.5. The standard InChI is InChI=1S/C22H25N3O5/c1-15-6-7-16(2)20(12-15)30-19-8-10-24(11-9-19)21(26)14-23-22(27)17-4-3-5-18(13-17)25(28)29/h3-7,12-13,19H,8-11,14H2,1-2H3,(H,23,27). The molecule has 0 spiro atoms. The molecular formula is C22H25N3O5. The zero-order valence-electron chi connectivity index (χ0n) is 17.1.